The molecule has 21 heavy (non-hydrogen) atoms. The van der Waals surface area contributed by atoms with Crippen molar-refractivity contribution in [2.75, 3.05) is 7.11 Å². The summed E-state index contributed by atoms with van der Waals surface area (Å²) in [6, 6.07) is 0.764. The summed E-state index contributed by atoms with van der Waals surface area (Å²) in [6.07, 6.45) is 13.7. The molecule has 0 amide bonds. The number of hydrogen-bond acceptors (Lipinski definition) is 2. The number of aryl methyl sites for hydroxylation is 1. The molecule has 122 valence electrons. The summed E-state index contributed by atoms with van der Waals surface area (Å²) in [6.45, 7) is 8.94. The van der Waals surface area contributed by atoms with E-state index in [9.17, 15) is 0 Å². The summed E-state index contributed by atoms with van der Waals surface area (Å²) in [7, 11) is 1.72. The molecule has 1 heterocycles. The normalized spacial score (nSPS) is 14.1. The van der Waals surface area contributed by atoms with Gasteiger partial charge in [0, 0.05) is 11.7 Å². The van der Waals surface area contributed by atoms with Crippen molar-refractivity contribution in [3.8, 4) is 6.01 Å². The van der Waals surface area contributed by atoms with Gasteiger partial charge in [-0.05, 0) is 26.7 Å². The number of rotatable bonds is 11. The van der Waals surface area contributed by atoms with Gasteiger partial charge in [-0.2, -0.15) is 0 Å². The molecular weight excluding hydrogens is 260 g/mol. The average molecular weight is 294 g/mol. The molecule has 0 aliphatic carbocycles. The molecule has 3 nitrogen and oxygen atoms in total. The van der Waals surface area contributed by atoms with Gasteiger partial charge in [-0.25, -0.2) is 4.98 Å². The maximum Gasteiger partial charge on any atom is 0.296 e. The Hall–Kier alpha value is -0.990. The number of methoxy groups -OCH3 is 1. The Kier molecular flexibility index (Phi) is 7.84. The maximum absolute atomic E-state index is 5.49. The van der Waals surface area contributed by atoms with E-state index >= 15 is 0 Å². The Bertz CT molecular complexity index is 400. The van der Waals surface area contributed by atoms with Crippen molar-refractivity contribution in [2.24, 2.45) is 0 Å². The molecule has 1 atom stereocenters. The minimum absolute atomic E-state index is 0.134. The monoisotopic (exact) mass is 294 g/mol. The third-order valence-electron chi connectivity index (χ3n) is 4.45. The van der Waals surface area contributed by atoms with Crippen LogP contribution in [0.25, 0.3) is 0 Å². The molecule has 0 radical (unpaired) electrons. The Morgan fingerprint density at radius 1 is 1.05 bits per heavy atom. The number of aromatic nitrogens is 2. The highest BCUT2D eigenvalue weighted by atomic mass is 16.5. The van der Waals surface area contributed by atoms with Crippen LogP contribution in [-0.4, -0.2) is 16.7 Å². The van der Waals surface area contributed by atoms with Gasteiger partial charge in [0.25, 0.3) is 6.01 Å². The Labute approximate surface area is 131 Å². The van der Waals surface area contributed by atoms with E-state index in [4.69, 9.17) is 4.74 Å². The third kappa shape index (κ3) is 5.37. The van der Waals surface area contributed by atoms with E-state index in [1.54, 1.807) is 7.11 Å². The molecule has 1 aromatic heterocycles. The zero-order valence-electron chi connectivity index (χ0n) is 14.7. The van der Waals surface area contributed by atoms with Gasteiger partial charge in [-0.1, -0.05) is 58.8 Å². The van der Waals surface area contributed by atoms with Gasteiger partial charge in [0.1, 0.15) is 0 Å². The largest absolute Gasteiger partial charge is 0.468 e. The lowest BCUT2D eigenvalue weighted by molar-refractivity contribution is 0.219. The first-order valence-corrected chi connectivity index (χ1v) is 8.67. The van der Waals surface area contributed by atoms with Gasteiger partial charge in [-0.15, -0.1) is 0 Å². The van der Waals surface area contributed by atoms with E-state index in [1.807, 2.05) is 6.92 Å². The molecule has 1 rings (SSSR count). The van der Waals surface area contributed by atoms with Crippen LogP contribution in [0.1, 0.15) is 84.3 Å². The van der Waals surface area contributed by atoms with Crippen molar-refractivity contribution in [2.45, 2.75) is 91.0 Å². The number of nitrogens with zero attached hydrogens (tertiary/aromatic N) is 2. The summed E-state index contributed by atoms with van der Waals surface area (Å²) >= 11 is 0. The molecule has 0 aromatic carbocycles. The molecular formula is C18H34N2O. The molecule has 0 saturated carbocycles. The predicted octanol–water partition coefficient (Wildman–Crippen LogP) is 5.47. The van der Waals surface area contributed by atoms with Crippen molar-refractivity contribution in [1.29, 1.82) is 0 Å². The number of hydrogen-bond donors (Lipinski definition) is 0. The standard InChI is InChI=1S/C18H34N2O/c1-6-8-10-11-12-14-18(4,13-9-7-2)20-15-16(3)19-17(20)21-5/h15H,6-14H2,1-5H3. The highest BCUT2D eigenvalue weighted by molar-refractivity contribution is 5.11. The molecule has 1 unspecified atom stereocenters. The Morgan fingerprint density at radius 2 is 1.67 bits per heavy atom. The van der Waals surface area contributed by atoms with E-state index in [2.05, 4.69) is 36.5 Å². The molecule has 0 N–H and O–H groups in total. The SMILES string of the molecule is CCCCCCCC(C)(CCCC)n1cc(C)nc1OC. The van der Waals surface area contributed by atoms with Crippen LogP contribution in [0.3, 0.4) is 0 Å². The third-order valence-corrected chi connectivity index (χ3v) is 4.45. The molecule has 0 aliphatic heterocycles. The fourth-order valence-corrected chi connectivity index (χ4v) is 3.04. The van der Waals surface area contributed by atoms with Gasteiger partial charge in [-0.3, -0.25) is 4.57 Å². The lowest BCUT2D eigenvalue weighted by Gasteiger charge is -2.32. The van der Waals surface area contributed by atoms with Crippen LogP contribution in [0.2, 0.25) is 0 Å². The van der Waals surface area contributed by atoms with Crippen molar-refractivity contribution >= 4 is 0 Å². The lowest BCUT2D eigenvalue weighted by Crippen LogP contribution is -2.30. The quantitative estimate of drug-likeness (QED) is 0.506. The minimum Gasteiger partial charge on any atom is -0.468 e. The summed E-state index contributed by atoms with van der Waals surface area (Å²) in [5, 5.41) is 0. The van der Waals surface area contributed by atoms with Crippen LogP contribution in [0.5, 0.6) is 6.01 Å². The average Bonchev–Trinajstić information content (AvgIpc) is 2.87. The molecule has 0 spiro atoms. The number of imidazole rings is 1. The van der Waals surface area contributed by atoms with E-state index in [1.165, 1.54) is 57.8 Å². The molecule has 3 heteroatoms. The van der Waals surface area contributed by atoms with Crippen LogP contribution < -0.4 is 4.74 Å². The van der Waals surface area contributed by atoms with E-state index in [0.717, 1.165) is 11.7 Å². The Balaban J connectivity index is 2.76. The van der Waals surface area contributed by atoms with Crippen molar-refractivity contribution in [1.82, 2.24) is 9.55 Å². The second kappa shape index (κ2) is 9.11. The highest BCUT2D eigenvalue weighted by Crippen LogP contribution is 2.33. The van der Waals surface area contributed by atoms with Crippen LogP contribution in [-0.2, 0) is 5.54 Å². The lowest BCUT2D eigenvalue weighted by atomic mass is 9.88. The first-order valence-electron chi connectivity index (χ1n) is 8.67. The van der Waals surface area contributed by atoms with Crippen LogP contribution in [0.15, 0.2) is 6.20 Å². The van der Waals surface area contributed by atoms with Gasteiger partial charge in [0.15, 0.2) is 0 Å². The number of ether oxygens (including phenoxy) is 1. The smallest absolute Gasteiger partial charge is 0.296 e. The van der Waals surface area contributed by atoms with Crippen LogP contribution >= 0.6 is 0 Å². The molecule has 0 fully saturated rings. The zero-order valence-corrected chi connectivity index (χ0v) is 14.7. The number of unbranched alkanes of at least 4 members (excludes halogenated alkanes) is 5. The van der Waals surface area contributed by atoms with Crippen LogP contribution in [0.4, 0.5) is 0 Å². The molecule has 0 bridgehead atoms. The molecule has 1 aromatic rings. The predicted molar refractivity (Wildman–Crippen MR) is 90.1 cm³/mol. The van der Waals surface area contributed by atoms with E-state index in [-0.39, 0.29) is 5.54 Å². The summed E-state index contributed by atoms with van der Waals surface area (Å²) in [5.41, 5.74) is 1.18. The topological polar surface area (TPSA) is 27.1 Å². The molecule has 0 aliphatic rings. The van der Waals surface area contributed by atoms with Crippen molar-refractivity contribution in [3.05, 3.63) is 11.9 Å². The summed E-state index contributed by atoms with van der Waals surface area (Å²) in [5.74, 6) is 0. The van der Waals surface area contributed by atoms with E-state index in [0.29, 0.717) is 0 Å². The second-order valence-corrected chi connectivity index (χ2v) is 6.50. The van der Waals surface area contributed by atoms with Gasteiger partial charge in [0.05, 0.1) is 12.8 Å². The minimum atomic E-state index is 0.134. The summed E-state index contributed by atoms with van der Waals surface area (Å²) < 4.78 is 7.76. The van der Waals surface area contributed by atoms with E-state index < -0.39 is 0 Å². The van der Waals surface area contributed by atoms with Gasteiger partial charge >= 0.3 is 0 Å². The fourth-order valence-electron chi connectivity index (χ4n) is 3.04. The maximum atomic E-state index is 5.49. The first kappa shape index (κ1) is 18.1. The molecule has 0 saturated heterocycles. The van der Waals surface area contributed by atoms with Gasteiger partial charge in [0.2, 0.25) is 0 Å². The van der Waals surface area contributed by atoms with Crippen molar-refractivity contribution in [3.63, 3.8) is 0 Å². The Morgan fingerprint density at radius 3 is 2.29 bits per heavy atom. The van der Waals surface area contributed by atoms with Crippen LogP contribution in [0, 0.1) is 6.92 Å². The highest BCUT2D eigenvalue weighted by Gasteiger charge is 2.28. The van der Waals surface area contributed by atoms with Gasteiger partial charge < -0.3 is 4.74 Å². The zero-order chi connectivity index (χ0) is 15.7. The van der Waals surface area contributed by atoms with Crippen molar-refractivity contribution < 1.29 is 4.74 Å². The first-order chi connectivity index (χ1) is 10.1. The fraction of sp³-hybridized carbons (Fsp3) is 0.833. The summed E-state index contributed by atoms with van der Waals surface area (Å²) in [4.78, 5) is 4.50. The second-order valence-electron chi connectivity index (χ2n) is 6.50.